The molecule has 188 valence electrons. The lowest BCUT2D eigenvalue weighted by molar-refractivity contribution is 0.0697. The number of aromatic carboxylic acids is 1. The molecule has 1 aliphatic rings. The normalized spacial score (nSPS) is 13.7. The summed E-state index contributed by atoms with van der Waals surface area (Å²) in [6, 6.07) is 17.9. The van der Waals surface area contributed by atoms with E-state index in [0.717, 1.165) is 31.6 Å². The number of para-hydroxylation sites is 1. The Morgan fingerprint density at radius 2 is 1.84 bits per heavy atom. The average molecular weight is 518 g/mol. The van der Waals surface area contributed by atoms with E-state index in [1.54, 1.807) is 18.2 Å². The third-order valence-corrected chi connectivity index (χ3v) is 6.14. The molecule has 2 aromatic heterocycles. The third-order valence-electron chi connectivity index (χ3n) is 5.81. The van der Waals surface area contributed by atoms with Crippen molar-refractivity contribution in [1.82, 2.24) is 15.0 Å². The van der Waals surface area contributed by atoms with Crippen molar-refractivity contribution in [2.24, 2.45) is 10.2 Å². The van der Waals surface area contributed by atoms with Gasteiger partial charge >= 0.3 is 5.97 Å². The van der Waals surface area contributed by atoms with E-state index in [-0.39, 0.29) is 23.1 Å². The van der Waals surface area contributed by atoms with E-state index in [9.17, 15) is 9.90 Å². The van der Waals surface area contributed by atoms with Gasteiger partial charge in [0.15, 0.2) is 0 Å². The minimum Gasteiger partial charge on any atom is -0.478 e. The lowest BCUT2D eigenvalue weighted by Gasteiger charge is -2.26. The average Bonchev–Trinajstić information content (AvgIpc) is 3.39. The maximum atomic E-state index is 11.4. The Bertz CT molecular complexity index is 1420. The van der Waals surface area contributed by atoms with Gasteiger partial charge in [-0.05, 0) is 61.7 Å². The number of nitrogens with zero attached hydrogens (tertiary/aromatic N) is 6. The molecule has 1 aliphatic heterocycles. The number of carboxylic acid groups (broad SMARTS) is 1. The van der Waals surface area contributed by atoms with Gasteiger partial charge in [0.1, 0.15) is 18.1 Å². The Hall–Kier alpha value is -4.31. The van der Waals surface area contributed by atoms with E-state index in [0.29, 0.717) is 29.0 Å². The number of furan rings is 1. The molecule has 3 heterocycles. The van der Waals surface area contributed by atoms with Crippen molar-refractivity contribution < 1.29 is 14.3 Å². The Morgan fingerprint density at radius 1 is 1.03 bits per heavy atom. The van der Waals surface area contributed by atoms with Gasteiger partial charge in [0.25, 0.3) is 5.95 Å². The number of carbonyl (C=O) groups is 1. The molecule has 1 saturated heterocycles. The summed E-state index contributed by atoms with van der Waals surface area (Å²) in [6.45, 7) is 1.93. The summed E-state index contributed by atoms with van der Waals surface area (Å²) < 4.78 is 5.84. The molecule has 0 saturated carbocycles. The molecule has 0 aliphatic carbocycles. The fourth-order valence-electron chi connectivity index (χ4n) is 3.97. The molecule has 0 unspecified atom stereocenters. The van der Waals surface area contributed by atoms with Crippen molar-refractivity contribution in [3.8, 4) is 11.3 Å². The number of piperidine rings is 1. The number of anilines is 3. The van der Waals surface area contributed by atoms with Crippen LogP contribution in [0.1, 0.15) is 35.4 Å². The molecule has 0 amide bonds. The quantitative estimate of drug-likeness (QED) is 0.253. The SMILES string of the molecule is O=C(O)c1cc(-c2ccc(CN=Nc3nc(Nc4ccccc4)nc(N4CCCCC4)n3)o2)ccc1Cl. The first-order valence-electron chi connectivity index (χ1n) is 11.9. The van der Waals surface area contributed by atoms with E-state index in [2.05, 4.69) is 35.4 Å². The number of hydrogen-bond donors (Lipinski definition) is 2. The van der Waals surface area contributed by atoms with Crippen LogP contribution < -0.4 is 10.2 Å². The minimum atomic E-state index is -1.10. The highest BCUT2D eigenvalue weighted by Crippen LogP contribution is 2.28. The zero-order chi connectivity index (χ0) is 25.6. The molecule has 0 atom stereocenters. The van der Waals surface area contributed by atoms with Gasteiger partial charge in [0, 0.05) is 24.3 Å². The Kier molecular flexibility index (Phi) is 7.36. The Labute approximate surface area is 218 Å². The van der Waals surface area contributed by atoms with Gasteiger partial charge in [0.2, 0.25) is 11.9 Å². The Morgan fingerprint density at radius 3 is 2.62 bits per heavy atom. The number of azo groups is 1. The molecule has 0 radical (unpaired) electrons. The molecule has 2 aromatic carbocycles. The van der Waals surface area contributed by atoms with Crippen molar-refractivity contribution in [1.29, 1.82) is 0 Å². The molecule has 2 N–H and O–H groups in total. The molecule has 0 bridgehead atoms. The molecular weight excluding hydrogens is 494 g/mol. The number of benzene rings is 2. The summed E-state index contributed by atoms with van der Waals surface area (Å²) in [4.78, 5) is 27.1. The molecular formula is C26H24ClN7O3. The lowest BCUT2D eigenvalue weighted by Crippen LogP contribution is -2.31. The van der Waals surface area contributed by atoms with Crippen molar-refractivity contribution in [3.05, 3.63) is 77.0 Å². The molecule has 4 aromatic rings. The van der Waals surface area contributed by atoms with Gasteiger partial charge in [-0.15, -0.1) is 5.11 Å². The summed E-state index contributed by atoms with van der Waals surface area (Å²) in [5.41, 5.74) is 1.47. The monoisotopic (exact) mass is 517 g/mol. The van der Waals surface area contributed by atoms with Crippen LogP contribution in [-0.2, 0) is 6.54 Å². The molecule has 5 rings (SSSR count). The van der Waals surface area contributed by atoms with E-state index >= 15 is 0 Å². The summed E-state index contributed by atoms with van der Waals surface area (Å²) in [5, 5.41) is 21.1. The predicted molar refractivity (Wildman–Crippen MR) is 140 cm³/mol. The van der Waals surface area contributed by atoms with Gasteiger partial charge in [-0.2, -0.15) is 20.1 Å². The molecule has 1 fully saturated rings. The highest BCUT2D eigenvalue weighted by molar-refractivity contribution is 6.33. The van der Waals surface area contributed by atoms with Crippen LogP contribution in [0.5, 0.6) is 0 Å². The number of carboxylic acids is 1. The standard InChI is InChI=1S/C26H24ClN7O3/c27-21-11-9-17(15-20(21)23(35)36)22-12-10-19(37-22)16-28-33-25-30-24(29-18-7-3-1-4-8-18)31-26(32-25)34-13-5-2-6-14-34/h1,3-4,7-12,15H,2,5-6,13-14,16H2,(H,35,36)(H,29,30,31,32). The van der Waals surface area contributed by atoms with Gasteiger partial charge in [-0.3, -0.25) is 0 Å². The van der Waals surface area contributed by atoms with E-state index in [1.807, 2.05) is 30.3 Å². The topological polar surface area (TPSA) is 129 Å². The second-order valence-corrected chi connectivity index (χ2v) is 8.87. The van der Waals surface area contributed by atoms with Crippen LogP contribution in [0.4, 0.5) is 23.5 Å². The summed E-state index contributed by atoms with van der Waals surface area (Å²) in [5.74, 6) is 1.12. The van der Waals surface area contributed by atoms with Crippen LogP contribution in [0.3, 0.4) is 0 Å². The molecule has 11 heteroatoms. The van der Waals surface area contributed by atoms with Crippen molar-refractivity contribution in [2.45, 2.75) is 25.8 Å². The van der Waals surface area contributed by atoms with Gasteiger partial charge < -0.3 is 19.7 Å². The first-order valence-corrected chi connectivity index (χ1v) is 12.3. The van der Waals surface area contributed by atoms with Crippen LogP contribution in [0.15, 0.2) is 75.3 Å². The van der Waals surface area contributed by atoms with Crippen molar-refractivity contribution in [2.75, 3.05) is 23.3 Å². The smallest absolute Gasteiger partial charge is 0.337 e. The molecule has 0 spiro atoms. The van der Waals surface area contributed by atoms with E-state index in [1.165, 1.54) is 18.6 Å². The van der Waals surface area contributed by atoms with Crippen LogP contribution in [0.25, 0.3) is 11.3 Å². The van der Waals surface area contributed by atoms with Gasteiger partial charge in [0.05, 0.1) is 10.6 Å². The second kappa shape index (κ2) is 11.2. The highest BCUT2D eigenvalue weighted by atomic mass is 35.5. The largest absolute Gasteiger partial charge is 0.478 e. The number of nitrogens with one attached hydrogen (secondary N) is 1. The first kappa shape index (κ1) is 24.4. The first-order chi connectivity index (χ1) is 18.0. The number of hydrogen-bond acceptors (Lipinski definition) is 9. The maximum absolute atomic E-state index is 11.4. The second-order valence-electron chi connectivity index (χ2n) is 8.46. The van der Waals surface area contributed by atoms with E-state index < -0.39 is 5.97 Å². The zero-order valence-electron chi connectivity index (χ0n) is 19.8. The molecule has 10 nitrogen and oxygen atoms in total. The highest BCUT2D eigenvalue weighted by Gasteiger charge is 2.17. The van der Waals surface area contributed by atoms with Crippen LogP contribution >= 0.6 is 11.6 Å². The summed E-state index contributed by atoms with van der Waals surface area (Å²) in [6.07, 6.45) is 3.38. The van der Waals surface area contributed by atoms with Crippen LogP contribution in [-0.4, -0.2) is 39.1 Å². The Balaban J connectivity index is 1.34. The van der Waals surface area contributed by atoms with Crippen LogP contribution in [0, 0.1) is 0 Å². The number of rotatable bonds is 8. The zero-order valence-corrected chi connectivity index (χ0v) is 20.6. The predicted octanol–water partition coefficient (Wildman–Crippen LogP) is 6.50. The van der Waals surface area contributed by atoms with Crippen LogP contribution in [0.2, 0.25) is 5.02 Å². The van der Waals surface area contributed by atoms with Crippen molar-refractivity contribution >= 4 is 41.1 Å². The lowest BCUT2D eigenvalue weighted by atomic mass is 10.1. The fraction of sp³-hybridized carbons (Fsp3) is 0.231. The van der Waals surface area contributed by atoms with Gasteiger partial charge in [-0.25, -0.2) is 4.79 Å². The molecule has 37 heavy (non-hydrogen) atoms. The number of halogens is 1. The summed E-state index contributed by atoms with van der Waals surface area (Å²) >= 11 is 5.97. The third kappa shape index (κ3) is 6.10. The van der Waals surface area contributed by atoms with Gasteiger partial charge in [-0.1, -0.05) is 29.8 Å². The summed E-state index contributed by atoms with van der Waals surface area (Å²) in [7, 11) is 0. The maximum Gasteiger partial charge on any atom is 0.337 e. The fourth-order valence-corrected chi connectivity index (χ4v) is 4.17. The van der Waals surface area contributed by atoms with Crippen molar-refractivity contribution in [3.63, 3.8) is 0 Å². The minimum absolute atomic E-state index is 0.0102. The number of aromatic nitrogens is 3. The van der Waals surface area contributed by atoms with E-state index in [4.69, 9.17) is 16.0 Å².